The summed E-state index contributed by atoms with van der Waals surface area (Å²) in [5.41, 5.74) is 0.497. The van der Waals surface area contributed by atoms with Gasteiger partial charge >= 0.3 is 5.69 Å². The highest BCUT2D eigenvalue weighted by molar-refractivity contribution is 5.97. The van der Waals surface area contributed by atoms with Gasteiger partial charge in [-0.15, -0.1) is 0 Å². The normalized spacial score (nSPS) is 15.1. The zero-order chi connectivity index (χ0) is 19.4. The minimum absolute atomic E-state index is 0.0138. The molecule has 0 saturated heterocycles. The Hall–Kier alpha value is -3.36. The third-order valence-corrected chi connectivity index (χ3v) is 4.60. The van der Waals surface area contributed by atoms with Crippen LogP contribution in [0.5, 0.6) is 11.6 Å². The summed E-state index contributed by atoms with van der Waals surface area (Å²) in [5, 5.41) is 23.7. The van der Waals surface area contributed by atoms with Gasteiger partial charge in [-0.25, -0.2) is 10.2 Å². The molecule has 9 nitrogen and oxygen atoms in total. The summed E-state index contributed by atoms with van der Waals surface area (Å²) in [6.45, 7) is 0. The number of aromatic hydroxyl groups is 2. The van der Waals surface area contributed by atoms with Crippen LogP contribution in [-0.4, -0.2) is 31.9 Å². The molecule has 9 heteroatoms. The van der Waals surface area contributed by atoms with Crippen molar-refractivity contribution in [2.24, 2.45) is 5.10 Å². The number of hydrogen-bond acceptors (Lipinski definition) is 6. The smallest absolute Gasteiger partial charge is 0.331 e. The van der Waals surface area contributed by atoms with E-state index in [0.717, 1.165) is 38.3 Å². The van der Waals surface area contributed by atoms with Crippen molar-refractivity contribution in [2.45, 2.75) is 38.1 Å². The number of phenols is 1. The molecule has 142 valence electrons. The van der Waals surface area contributed by atoms with E-state index in [1.54, 1.807) is 12.1 Å². The summed E-state index contributed by atoms with van der Waals surface area (Å²) in [4.78, 5) is 38.3. The van der Waals surface area contributed by atoms with Crippen molar-refractivity contribution in [2.75, 3.05) is 0 Å². The third kappa shape index (κ3) is 3.91. The molecule has 1 aromatic carbocycles. The molecular weight excluding hydrogens is 352 g/mol. The third-order valence-electron chi connectivity index (χ3n) is 4.60. The highest BCUT2D eigenvalue weighted by atomic mass is 16.3. The highest BCUT2D eigenvalue weighted by Gasteiger charge is 2.22. The number of nitrogens with one attached hydrogen (secondary N) is 2. The van der Waals surface area contributed by atoms with Crippen molar-refractivity contribution < 1.29 is 15.0 Å². The van der Waals surface area contributed by atoms with Crippen LogP contribution in [0.25, 0.3) is 0 Å². The molecule has 3 rings (SSSR count). The van der Waals surface area contributed by atoms with Crippen LogP contribution < -0.4 is 16.7 Å². The summed E-state index contributed by atoms with van der Waals surface area (Å²) < 4.78 is 1.17. The van der Waals surface area contributed by atoms with Gasteiger partial charge < -0.3 is 10.2 Å². The number of rotatable bonds is 4. The number of H-pyrrole nitrogens is 1. The molecule has 1 fully saturated rings. The fraction of sp³-hybridized carbons (Fsp3) is 0.333. The van der Waals surface area contributed by atoms with Crippen molar-refractivity contribution in [1.82, 2.24) is 15.0 Å². The first-order valence-electron chi connectivity index (χ1n) is 8.68. The van der Waals surface area contributed by atoms with Crippen LogP contribution in [0, 0.1) is 0 Å². The predicted molar refractivity (Wildman–Crippen MR) is 98.3 cm³/mol. The number of nitrogens with zero attached hydrogens (tertiary/aromatic N) is 2. The number of hydrazone groups is 1. The zero-order valence-corrected chi connectivity index (χ0v) is 14.5. The molecule has 1 aliphatic carbocycles. The Morgan fingerprint density at radius 1 is 1.19 bits per heavy atom. The number of hydrogen-bond donors (Lipinski definition) is 4. The van der Waals surface area contributed by atoms with E-state index in [1.807, 2.05) is 0 Å². The highest BCUT2D eigenvalue weighted by Crippen LogP contribution is 2.29. The molecule has 2 aromatic rings. The molecule has 1 saturated carbocycles. The molecule has 0 unspecified atom stereocenters. The van der Waals surface area contributed by atoms with Crippen LogP contribution in [0.1, 0.15) is 54.1 Å². The van der Waals surface area contributed by atoms with Crippen LogP contribution in [0.3, 0.4) is 0 Å². The molecule has 0 bridgehead atoms. The molecular formula is C18H20N4O5. The Labute approximate surface area is 154 Å². The lowest BCUT2D eigenvalue weighted by atomic mass is 9.95. The largest absolute Gasteiger partial charge is 0.507 e. The SMILES string of the molecule is O=C(N/N=C/c1c(O)n(C2CCCCC2)c(=O)[nH]c1=O)c1ccccc1O. The Kier molecular flexibility index (Phi) is 5.39. The standard InChI is InChI=1S/C18H20N4O5/c23-14-9-5-4-8-12(14)16(25)21-19-10-13-15(24)20-18(27)22(17(13)26)11-6-2-1-3-7-11/h4-5,8-11,23,26H,1-3,6-7H2,(H,21,25)(H,20,24,27)/b19-10+. The van der Waals surface area contributed by atoms with E-state index in [9.17, 15) is 24.6 Å². The lowest BCUT2D eigenvalue weighted by Gasteiger charge is -2.24. The minimum Gasteiger partial charge on any atom is -0.507 e. The van der Waals surface area contributed by atoms with Gasteiger partial charge in [0.15, 0.2) is 0 Å². The molecule has 0 radical (unpaired) electrons. The fourth-order valence-corrected chi connectivity index (χ4v) is 3.23. The number of para-hydroxylation sites is 1. The second kappa shape index (κ2) is 7.90. The first-order chi connectivity index (χ1) is 13.0. The number of carbonyl (C=O) groups is 1. The second-order valence-corrected chi connectivity index (χ2v) is 6.37. The maximum atomic E-state index is 12.1. The van der Waals surface area contributed by atoms with Gasteiger partial charge in [-0.1, -0.05) is 31.4 Å². The molecule has 0 aliphatic heterocycles. The fourth-order valence-electron chi connectivity index (χ4n) is 3.23. The van der Waals surface area contributed by atoms with Gasteiger partial charge in [-0.05, 0) is 25.0 Å². The van der Waals surface area contributed by atoms with E-state index in [1.165, 1.54) is 16.7 Å². The molecule has 0 atom stereocenters. The predicted octanol–water partition coefficient (Wildman–Crippen LogP) is 1.22. The van der Waals surface area contributed by atoms with Gasteiger partial charge in [0.2, 0.25) is 5.88 Å². The maximum absolute atomic E-state index is 12.1. The van der Waals surface area contributed by atoms with Crippen molar-refractivity contribution >= 4 is 12.1 Å². The van der Waals surface area contributed by atoms with Crippen LogP contribution >= 0.6 is 0 Å². The van der Waals surface area contributed by atoms with Gasteiger partial charge in [0, 0.05) is 6.04 Å². The van der Waals surface area contributed by atoms with Gasteiger partial charge in [0.1, 0.15) is 11.3 Å². The average molecular weight is 372 g/mol. The van der Waals surface area contributed by atoms with Crippen LogP contribution in [-0.2, 0) is 0 Å². The Morgan fingerprint density at radius 2 is 1.89 bits per heavy atom. The Bertz CT molecular complexity index is 986. The number of aromatic amines is 1. The Balaban J connectivity index is 1.85. The summed E-state index contributed by atoms with van der Waals surface area (Å²) >= 11 is 0. The van der Waals surface area contributed by atoms with E-state index >= 15 is 0 Å². The lowest BCUT2D eigenvalue weighted by Crippen LogP contribution is -2.35. The summed E-state index contributed by atoms with van der Waals surface area (Å²) in [6.07, 6.45) is 5.40. The first-order valence-corrected chi connectivity index (χ1v) is 8.68. The van der Waals surface area contributed by atoms with Gasteiger partial charge in [0.25, 0.3) is 11.5 Å². The molecule has 1 aliphatic rings. The van der Waals surface area contributed by atoms with Gasteiger partial charge in [-0.3, -0.25) is 19.1 Å². The van der Waals surface area contributed by atoms with Crippen molar-refractivity contribution in [3.8, 4) is 11.6 Å². The van der Waals surface area contributed by atoms with E-state index in [-0.39, 0.29) is 22.9 Å². The van der Waals surface area contributed by atoms with E-state index in [4.69, 9.17) is 0 Å². The topological polar surface area (TPSA) is 137 Å². The van der Waals surface area contributed by atoms with Crippen molar-refractivity contribution in [3.05, 3.63) is 56.2 Å². The van der Waals surface area contributed by atoms with Gasteiger partial charge in [-0.2, -0.15) is 5.10 Å². The van der Waals surface area contributed by atoms with Crippen molar-refractivity contribution in [1.29, 1.82) is 0 Å². The first kappa shape index (κ1) is 18.4. The Morgan fingerprint density at radius 3 is 2.59 bits per heavy atom. The molecule has 1 amide bonds. The molecule has 4 N–H and O–H groups in total. The maximum Gasteiger partial charge on any atom is 0.331 e. The number of benzene rings is 1. The quantitative estimate of drug-likeness (QED) is 0.472. The number of aromatic nitrogens is 2. The monoisotopic (exact) mass is 372 g/mol. The van der Waals surface area contributed by atoms with Crippen LogP contribution in [0.2, 0.25) is 0 Å². The second-order valence-electron chi connectivity index (χ2n) is 6.37. The van der Waals surface area contributed by atoms with E-state index < -0.39 is 23.0 Å². The average Bonchev–Trinajstić information content (AvgIpc) is 2.65. The molecule has 27 heavy (non-hydrogen) atoms. The number of amides is 1. The summed E-state index contributed by atoms with van der Waals surface area (Å²) in [5.74, 6) is -1.37. The van der Waals surface area contributed by atoms with Crippen molar-refractivity contribution in [3.63, 3.8) is 0 Å². The molecule has 1 heterocycles. The summed E-state index contributed by atoms with van der Waals surface area (Å²) in [7, 11) is 0. The zero-order valence-electron chi connectivity index (χ0n) is 14.5. The number of phenolic OH excluding ortho intramolecular Hbond substituents is 1. The van der Waals surface area contributed by atoms with E-state index in [0.29, 0.717) is 0 Å². The van der Waals surface area contributed by atoms with Crippen LogP contribution in [0.15, 0.2) is 39.0 Å². The lowest BCUT2D eigenvalue weighted by molar-refractivity contribution is 0.0952. The molecule has 1 aromatic heterocycles. The van der Waals surface area contributed by atoms with E-state index in [2.05, 4.69) is 15.5 Å². The van der Waals surface area contributed by atoms with Gasteiger partial charge in [0.05, 0.1) is 11.8 Å². The van der Waals surface area contributed by atoms with Crippen LogP contribution in [0.4, 0.5) is 0 Å². The summed E-state index contributed by atoms with van der Waals surface area (Å²) in [6, 6.07) is 5.73. The minimum atomic E-state index is -0.801. The number of carbonyl (C=O) groups excluding carboxylic acids is 1. The molecule has 0 spiro atoms.